The van der Waals surface area contributed by atoms with Crippen molar-refractivity contribution in [3.8, 4) is 0 Å². The molecule has 0 aromatic heterocycles. The van der Waals surface area contributed by atoms with Crippen LogP contribution in [0.3, 0.4) is 0 Å². The van der Waals surface area contributed by atoms with Crippen LogP contribution in [0.25, 0.3) is 0 Å². The monoisotopic (exact) mass is 315 g/mol. The lowest BCUT2D eigenvalue weighted by atomic mass is 10.0. The maximum absolute atomic E-state index is 4.54. The second-order valence-corrected chi connectivity index (χ2v) is 6.73. The van der Waals surface area contributed by atoms with Gasteiger partial charge in [-0.1, -0.05) is 70.6 Å². The van der Waals surface area contributed by atoms with Crippen molar-refractivity contribution in [3.05, 3.63) is 0 Å². The van der Waals surface area contributed by atoms with Crippen molar-refractivity contribution in [2.24, 2.45) is 4.99 Å². The average Bonchev–Trinajstić information content (AvgIpc) is 2.47. The molecule has 0 rings (SSSR count). The molecule has 0 saturated carbocycles. The summed E-state index contributed by atoms with van der Waals surface area (Å²) in [5.74, 6) is 1.35. The largest absolute Gasteiger partial charge is 0.233 e. The number of nitrogens with zero attached hydrogens (tertiary/aromatic N) is 1. The van der Waals surface area contributed by atoms with E-state index in [0.29, 0.717) is 0 Å². The molecular weight excluding hydrogens is 282 g/mol. The number of hydrogen-bond acceptors (Lipinski definition) is 3. The van der Waals surface area contributed by atoms with E-state index in [1.54, 1.807) is 0 Å². The topological polar surface area (TPSA) is 12.4 Å². The van der Waals surface area contributed by atoms with Gasteiger partial charge in [-0.15, -0.1) is 0 Å². The van der Waals surface area contributed by atoms with E-state index in [-0.39, 0.29) is 0 Å². The van der Waals surface area contributed by atoms with Gasteiger partial charge in [0, 0.05) is 6.54 Å². The smallest absolute Gasteiger partial charge is 0.0584 e. The Bertz CT molecular complexity index is 225. The van der Waals surface area contributed by atoms with Crippen molar-refractivity contribution in [3.63, 3.8) is 0 Å². The Morgan fingerprint density at radius 1 is 0.700 bits per heavy atom. The van der Waals surface area contributed by atoms with Gasteiger partial charge in [-0.25, -0.2) is 4.99 Å². The molecule has 0 amide bonds. The van der Waals surface area contributed by atoms with Crippen LogP contribution in [-0.4, -0.2) is 23.7 Å². The Hall–Kier alpha value is 0.150. The maximum Gasteiger partial charge on any atom is 0.0584 e. The van der Waals surface area contributed by atoms with E-state index >= 15 is 0 Å². The number of thiocarbonyl (C=S) groups is 1. The van der Waals surface area contributed by atoms with Crippen LogP contribution in [-0.2, 0) is 0 Å². The molecule has 0 aliphatic rings. The zero-order chi connectivity index (χ0) is 14.7. The molecule has 0 spiro atoms. The number of aliphatic imine (C=N–C) groups is 1. The highest BCUT2D eigenvalue weighted by atomic mass is 32.2. The predicted molar refractivity (Wildman–Crippen MR) is 98.3 cm³/mol. The average molecular weight is 316 g/mol. The van der Waals surface area contributed by atoms with Gasteiger partial charge in [0.05, 0.1) is 5.16 Å². The summed E-state index contributed by atoms with van der Waals surface area (Å²) in [5.41, 5.74) is 0. The zero-order valence-electron chi connectivity index (χ0n) is 13.4. The summed E-state index contributed by atoms with van der Waals surface area (Å²) in [4.78, 5) is 3.93. The van der Waals surface area contributed by atoms with Crippen LogP contribution in [0.4, 0.5) is 0 Å². The Morgan fingerprint density at radius 3 is 1.50 bits per heavy atom. The molecule has 0 atom stereocenters. The van der Waals surface area contributed by atoms with E-state index in [0.717, 1.165) is 6.54 Å². The van der Waals surface area contributed by atoms with E-state index in [1.165, 1.54) is 89.2 Å². The fourth-order valence-corrected chi connectivity index (χ4v) is 3.01. The normalized spacial score (nSPS) is 10.4. The number of hydrogen-bond donors (Lipinski definition) is 0. The summed E-state index contributed by atoms with van der Waals surface area (Å²) in [6.07, 6.45) is 20.4. The molecule has 118 valence electrons. The fraction of sp³-hybridized carbons (Fsp3) is 0.941. The highest BCUT2D eigenvalue weighted by molar-refractivity contribution is 7.98. The molecule has 1 nitrogen and oxygen atoms in total. The summed E-state index contributed by atoms with van der Waals surface area (Å²) < 4.78 is 0. The molecular formula is C17H33NS2. The van der Waals surface area contributed by atoms with Gasteiger partial charge >= 0.3 is 0 Å². The predicted octanol–water partition coefficient (Wildman–Crippen LogP) is 6.52. The van der Waals surface area contributed by atoms with Crippen molar-refractivity contribution in [1.82, 2.24) is 0 Å². The molecule has 0 radical (unpaired) electrons. The highest BCUT2D eigenvalue weighted by Crippen LogP contribution is 2.13. The summed E-state index contributed by atoms with van der Waals surface area (Å²) in [7, 11) is 0. The van der Waals surface area contributed by atoms with E-state index in [9.17, 15) is 0 Å². The van der Waals surface area contributed by atoms with E-state index < -0.39 is 0 Å². The second kappa shape index (κ2) is 19.1. The van der Waals surface area contributed by atoms with Gasteiger partial charge in [0.1, 0.15) is 0 Å². The van der Waals surface area contributed by atoms with Crippen LogP contribution in [0.1, 0.15) is 83.5 Å². The number of thioether (sulfide) groups is 1. The number of isothiocyanates is 1. The maximum atomic E-state index is 4.54. The molecule has 0 saturated heterocycles. The van der Waals surface area contributed by atoms with Gasteiger partial charge in [-0.3, -0.25) is 0 Å². The highest BCUT2D eigenvalue weighted by Gasteiger charge is 1.94. The minimum atomic E-state index is 0.875. The molecule has 0 aliphatic heterocycles. The molecule has 0 unspecified atom stereocenters. The molecule has 3 heteroatoms. The lowest BCUT2D eigenvalue weighted by Crippen LogP contribution is -1.85. The lowest BCUT2D eigenvalue weighted by molar-refractivity contribution is 0.541. The first kappa shape index (κ1) is 20.1. The van der Waals surface area contributed by atoms with Crippen LogP contribution < -0.4 is 0 Å². The Labute approximate surface area is 136 Å². The van der Waals surface area contributed by atoms with Crippen LogP contribution in [0.5, 0.6) is 0 Å². The molecule has 0 aliphatic carbocycles. The molecule has 0 aromatic rings. The minimum absolute atomic E-state index is 0.875. The van der Waals surface area contributed by atoms with Crippen LogP contribution >= 0.6 is 24.0 Å². The quantitative estimate of drug-likeness (QED) is 0.182. The summed E-state index contributed by atoms with van der Waals surface area (Å²) in [6.45, 7) is 0.875. The van der Waals surface area contributed by atoms with Crippen LogP contribution in [0.2, 0.25) is 0 Å². The summed E-state index contributed by atoms with van der Waals surface area (Å²) >= 11 is 6.51. The lowest BCUT2D eigenvalue weighted by Gasteiger charge is -2.02. The Kier molecular flexibility index (Phi) is 19.3. The van der Waals surface area contributed by atoms with Gasteiger partial charge in [-0.2, -0.15) is 11.8 Å². The van der Waals surface area contributed by atoms with Gasteiger partial charge in [0.2, 0.25) is 0 Å². The first-order valence-corrected chi connectivity index (χ1v) is 10.2. The molecule has 0 fully saturated rings. The van der Waals surface area contributed by atoms with Crippen LogP contribution in [0, 0.1) is 0 Å². The summed E-state index contributed by atoms with van der Waals surface area (Å²) in [6, 6.07) is 0. The van der Waals surface area contributed by atoms with Crippen molar-refractivity contribution >= 4 is 29.1 Å². The van der Waals surface area contributed by atoms with Gasteiger partial charge in [0.15, 0.2) is 0 Å². The summed E-state index contributed by atoms with van der Waals surface area (Å²) in [5, 5.41) is 2.42. The fourth-order valence-electron chi connectivity index (χ4n) is 2.43. The minimum Gasteiger partial charge on any atom is -0.233 e. The van der Waals surface area contributed by atoms with Gasteiger partial charge < -0.3 is 0 Å². The Morgan fingerprint density at radius 2 is 1.10 bits per heavy atom. The third-order valence-electron chi connectivity index (χ3n) is 3.68. The third-order valence-corrected chi connectivity index (χ3v) is 4.51. The van der Waals surface area contributed by atoms with Gasteiger partial charge in [-0.05, 0) is 37.1 Å². The standard InChI is InChI=1S/C17H33NS2/c1-20-16-14-12-10-8-6-4-2-3-5-7-9-11-13-15-18-17-19/h2-16H2,1H3. The molecule has 0 bridgehead atoms. The van der Waals surface area contributed by atoms with Crippen LogP contribution in [0.15, 0.2) is 4.99 Å². The molecule has 0 N–H and O–H groups in total. The SMILES string of the molecule is CSCCCCCCCCCCCCCCCN=C=S. The van der Waals surface area contributed by atoms with Crippen molar-refractivity contribution in [2.45, 2.75) is 83.5 Å². The first-order chi connectivity index (χ1) is 9.91. The van der Waals surface area contributed by atoms with Gasteiger partial charge in [0.25, 0.3) is 0 Å². The Balaban J connectivity index is 2.94. The number of unbranched alkanes of at least 4 members (excludes halogenated alkanes) is 12. The zero-order valence-corrected chi connectivity index (χ0v) is 15.0. The molecule has 20 heavy (non-hydrogen) atoms. The van der Waals surface area contributed by atoms with Crippen molar-refractivity contribution in [2.75, 3.05) is 18.6 Å². The third kappa shape index (κ3) is 18.1. The number of rotatable bonds is 16. The van der Waals surface area contributed by atoms with Crippen molar-refractivity contribution < 1.29 is 0 Å². The van der Waals surface area contributed by atoms with Crippen molar-refractivity contribution in [1.29, 1.82) is 0 Å². The second-order valence-electron chi connectivity index (χ2n) is 5.56. The first-order valence-electron chi connectivity index (χ1n) is 8.44. The van der Waals surface area contributed by atoms with E-state index in [4.69, 9.17) is 0 Å². The van der Waals surface area contributed by atoms with E-state index in [2.05, 4.69) is 28.6 Å². The van der Waals surface area contributed by atoms with E-state index in [1.807, 2.05) is 11.8 Å². The molecule has 0 aromatic carbocycles. The molecule has 0 heterocycles.